The molecule has 1 aromatic carbocycles. The van der Waals surface area contributed by atoms with Gasteiger partial charge in [-0.05, 0) is 37.3 Å². The summed E-state index contributed by atoms with van der Waals surface area (Å²) in [6.07, 6.45) is 4.20. The minimum absolute atomic E-state index is 0.0516. The maximum absolute atomic E-state index is 12.6. The fourth-order valence-corrected chi connectivity index (χ4v) is 3.82. The Morgan fingerprint density at radius 3 is 2.54 bits per heavy atom. The van der Waals surface area contributed by atoms with Crippen molar-refractivity contribution in [3.63, 3.8) is 0 Å². The van der Waals surface area contributed by atoms with Crippen molar-refractivity contribution in [2.75, 3.05) is 24.5 Å². The Kier molecular flexibility index (Phi) is 5.19. The first-order chi connectivity index (χ1) is 11.6. The van der Waals surface area contributed by atoms with Gasteiger partial charge in [-0.3, -0.25) is 9.59 Å². The van der Waals surface area contributed by atoms with Crippen molar-refractivity contribution in [2.45, 2.75) is 45.1 Å². The SMILES string of the molecule is Cc1ccccc1N1CCN(C(=O)[C@H](O)C2CCCCC2)CC1=O. The van der Waals surface area contributed by atoms with Crippen LogP contribution in [-0.2, 0) is 9.59 Å². The first-order valence-corrected chi connectivity index (χ1v) is 8.91. The van der Waals surface area contributed by atoms with Crippen LogP contribution in [0.15, 0.2) is 24.3 Å². The lowest BCUT2D eigenvalue weighted by atomic mass is 9.85. The normalized spacial score (nSPS) is 21.0. The Morgan fingerprint density at radius 1 is 1.17 bits per heavy atom. The molecule has 1 atom stereocenters. The number of para-hydroxylation sites is 1. The molecule has 1 aliphatic heterocycles. The minimum atomic E-state index is -0.955. The molecule has 2 aliphatic rings. The highest BCUT2D eigenvalue weighted by Gasteiger charge is 2.35. The molecule has 0 bridgehead atoms. The number of aliphatic hydroxyl groups is 1. The minimum Gasteiger partial charge on any atom is -0.383 e. The van der Waals surface area contributed by atoms with Gasteiger partial charge in [0.2, 0.25) is 5.91 Å². The van der Waals surface area contributed by atoms with E-state index in [4.69, 9.17) is 0 Å². The monoisotopic (exact) mass is 330 g/mol. The third-order valence-electron chi connectivity index (χ3n) is 5.29. The van der Waals surface area contributed by atoms with E-state index in [0.29, 0.717) is 13.1 Å². The second kappa shape index (κ2) is 7.34. The molecule has 24 heavy (non-hydrogen) atoms. The average molecular weight is 330 g/mol. The van der Waals surface area contributed by atoms with E-state index in [9.17, 15) is 14.7 Å². The van der Waals surface area contributed by atoms with Gasteiger partial charge >= 0.3 is 0 Å². The Labute approximate surface area is 143 Å². The Morgan fingerprint density at radius 2 is 1.88 bits per heavy atom. The molecule has 0 aromatic heterocycles. The van der Waals surface area contributed by atoms with Gasteiger partial charge < -0.3 is 14.9 Å². The van der Waals surface area contributed by atoms with Crippen LogP contribution in [0.1, 0.15) is 37.7 Å². The largest absolute Gasteiger partial charge is 0.383 e. The van der Waals surface area contributed by atoms with Crippen LogP contribution in [0.4, 0.5) is 5.69 Å². The lowest BCUT2D eigenvalue weighted by Gasteiger charge is -2.37. The van der Waals surface area contributed by atoms with Crippen LogP contribution in [0, 0.1) is 12.8 Å². The number of carbonyl (C=O) groups is 2. The molecule has 1 saturated heterocycles. The summed E-state index contributed by atoms with van der Waals surface area (Å²) in [5.41, 5.74) is 1.95. The van der Waals surface area contributed by atoms with Crippen molar-refractivity contribution >= 4 is 17.5 Å². The zero-order chi connectivity index (χ0) is 17.1. The van der Waals surface area contributed by atoms with Gasteiger partial charge in [0.05, 0.1) is 0 Å². The molecule has 1 heterocycles. The van der Waals surface area contributed by atoms with Crippen LogP contribution in [0.5, 0.6) is 0 Å². The highest BCUT2D eigenvalue weighted by molar-refractivity contribution is 5.99. The van der Waals surface area contributed by atoms with Crippen LogP contribution < -0.4 is 4.90 Å². The van der Waals surface area contributed by atoms with Crippen LogP contribution in [0.3, 0.4) is 0 Å². The predicted octanol–water partition coefficient (Wildman–Crippen LogP) is 2.11. The Balaban J connectivity index is 1.63. The van der Waals surface area contributed by atoms with E-state index in [2.05, 4.69) is 0 Å². The quantitative estimate of drug-likeness (QED) is 0.923. The van der Waals surface area contributed by atoms with Crippen molar-refractivity contribution < 1.29 is 14.7 Å². The molecular weight excluding hydrogens is 304 g/mol. The van der Waals surface area contributed by atoms with Gasteiger partial charge in [-0.2, -0.15) is 0 Å². The molecule has 1 saturated carbocycles. The van der Waals surface area contributed by atoms with Crippen LogP contribution in [0.2, 0.25) is 0 Å². The maximum Gasteiger partial charge on any atom is 0.252 e. The summed E-state index contributed by atoms with van der Waals surface area (Å²) in [5.74, 6) is -0.310. The molecule has 2 fully saturated rings. The van der Waals surface area contributed by atoms with Gasteiger partial charge in [0.25, 0.3) is 5.91 Å². The molecule has 0 spiro atoms. The number of anilines is 1. The third kappa shape index (κ3) is 3.46. The van der Waals surface area contributed by atoms with Crippen LogP contribution in [0.25, 0.3) is 0 Å². The molecular formula is C19H26N2O3. The van der Waals surface area contributed by atoms with Gasteiger partial charge in [0, 0.05) is 18.8 Å². The maximum atomic E-state index is 12.6. The number of carbonyl (C=O) groups excluding carboxylic acids is 2. The number of amides is 2. The number of rotatable bonds is 3. The number of hydrogen-bond acceptors (Lipinski definition) is 3. The number of piperazine rings is 1. The molecule has 0 radical (unpaired) electrons. The van der Waals surface area contributed by atoms with Crippen LogP contribution >= 0.6 is 0 Å². The van der Waals surface area contributed by atoms with E-state index < -0.39 is 6.10 Å². The van der Waals surface area contributed by atoms with E-state index in [1.54, 1.807) is 4.90 Å². The Hall–Kier alpha value is -1.88. The standard InChI is InChI=1S/C19H26N2O3/c1-14-7-5-6-10-16(14)21-12-11-20(13-17(21)22)19(24)18(23)15-8-3-2-4-9-15/h5-7,10,15,18,23H,2-4,8-9,11-13H2,1H3/t18-/m1/s1. The molecule has 3 rings (SSSR count). The van der Waals surface area contributed by atoms with Gasteiger partial charge in [-0.15, -0.1) is 0 Å². The predicted molar refractivity (Wildman–Crippen MR) is 92.7 cm³/mol. The number of aliphatic hydroxyl groups excluding tert-OH is 1. The van der Waals surface area contributed by atoms with Crippen molar-refractivity contribution in [3.05, 3.63) is 29.8 Å². The number of aryl methyl sites for hydroxylation is 1. The summed E-state index contributed by atoms with van der Waals surface area (Å²) in [6, 6.07) is 7.78. The average Bonchev–Trinajstić information content (AvgIpc) is 2.62. The summed E-state index contributed by atoms with van der Waals surface area (Å²) in [5, 5.41) is 10.4. The van der Waals surface area contributed by atoms with Gasteiger partial charge in [-0.25, -0.2) is 0 Å². The van der Waals surface area contributed by atoms with E-state index in [-0.39, 0.29) is 24.3 Å². The molecule has 1 N–H and O–H groups in total. The van der Waals surface area contributed by atoms with Crippen molar-refractivity contribution in [2.24, 2.45) is 5.92 Å². The molecule has 0 unspecified atom stereocenters. The summed E-state index contributed by atoms with van der Waals surface area (Å²) in [7, 11) is 0. The van der Waals surface area contributed by atoms with Gasteiger partial charge in [0.15, 0.2) is 0 Å². The number of hydrogen-bond donors (Lipinski definition) is 1. The smallest absolute Gasteiger partial charge is 0.252 e. The van der Waals surface area contributed by atoms with Crippen molar-refractivity contribution in [3.8, 4) is 0 Å². The van der Waals surface area contributed by atoms with Gasteiger partial charge in [-0.1, -0.05) is 37.5 Å². The van der Waals surface area contributed by atoms with Crippen molar-refractivity contribution in [1.29, 1.82) is 0 Å². The van der Waals surface area contributed by atoms with E-state index >= 15 is 0 Å². The molecule has 5 heteroatoms. The molecule has 1 aliphatic carbocycles. The van der Waals surface area contributed by atoms with Crippen molar-refractivity contribution in [1.82, 2.24) is 4.90 Å². The second-order valence-electron chi connectivity index (χ2n) is 6.93. The highest BCUT2D eigenvalue weighted by Crippen LogP contribution is 2.28. The van der Waals surface area contributed by atoms with E-state index in [0.717, 1.165) is 36.9 Å². The lowest BCUT2D eigenvalue weighted by Crippen LogP contribution is -2.55. The molecule has 1 aromatic rings. The highest BCUT2D eigenvalue weighted by atomic mass is 16.3. The summed E-state index contributed by atoms with van der Waals surface area (Å²) in [4.78, 5) is 28.3. The molecule has 2 amide bonds. The molecule has 130 valence electrons. The van der Waals surface area contributed by atoms with E-state index in [1.165, 1.54) is 11.3 Å². The number of nitrogens with zero attached hydrogens (tertiary/aromatic N) is 2. The molecule has 5 nitrogen and oxygen atoms in total. The Bertz CT molecular complexity index is 610. The first-order valence-electron chi connectivity index (χ1n) is 8.91. The zero-order valence-electron chi connectivity index (χ0n) is 14.3. The number of benzene rings is 1. The lowest BCUT2D eigenvalue weighted by molar-refractivity contribution is -0.147. The van der Waals surface area contributed by atoms with E-state index in [1.807, 2.05) is 31.2 Å². The van der Waals surface area contributed by atoms with Gasteiger partial charge in [0.1, 0.15) is 12.6 Å². The fourth-order valence-electron chi connectivity index (χ4n) is 3.82. The fraction of sp³-hybridized carbons (Fsp3) is 0.579. The zero-order valence-corrected chi connectivity index (χ0v) is 14.3. The summed E-state index contributed by atoms with van der Waals surface area (Å²) in [6.45, 7) is 2.99. The van der Waals surface area contributed by atoms with Crippen LogP contribution in [-0.4, -0.2) is 47.6 Å². The third-order valence-corrected chi connectivity index (χ3v) is 5.29. The topological polar surface area (TPSA) is 60.9 Å². The summed E-state index contributed by atoms with van der Waals surface area (Å²) < 4.78 is 0. The summed E-state index contributed by atoms with van der Waals surface area (Å²) >= 11 is 0. The first kappa shape index (κ1) is 17.0. The second-order valence-corrected chi connectivity index (χ2v) is 6.93.